The number of nitrogens with one attached hydrogen (secondary N) is 1. The second-order valence-electron chi connectivity index (χ2n) is 5.11. The predicted octanol–water partition coefficient (Wildman–Crippen LogP) is 1.79. The molecule has 0 spiro atoms. The number of carbonyl (C=O) groups is 2. The van der Waals surface area contributed by atoms with E-state index in [1.165, 1.54) is 11.3 Å². The number of amides is 2. The number of hydrogen-bond acceptors (Lipinski definition) is 5. The lowest BCUT2D eigenvalue weighted by Gasteiger charge is -2.17. The van der Waals surface area contributed by atoms with Gasteiger partial charge in [-0.2, -0.15) is 0 Å². The van der Waals surface area contributed by atoms with Crippen molar-refractivity contribution in [2.75, 3.05) is 11.4 Å². The molecular formula is C15H15ClN4O2S. The number of nitrogens with zero attached hydrogens (tertiary/aromatic N) is 2. The molecule has 2 amide bonds. The summed E-state index contributed by atoms with van der Waals surface area (Å²) in [6.07, 6.45) is 0.557. The lowest BCUT2D eigenvalue weighted by Crippen LogP contribution is -2.41. The highest BCUT2D eigenvalue weighted by molar-refractivity contribution is 7.09. The maximum atomic E-state index is 12.5. The Labute approximate surface area is 142 Å². The molecule has 6 nitrogen and oxygen atoms in total. The van der Waals surface area contributed by atoms with Gasteiger partial charge >= 0.3 is 0 Å². The molecule has 1 aromatic heterocycles. The van der Waals surface area contributed by atoms with Gasteiger partial charge in [0.15, 0.2) is 0 Å². The SMILES string of the molecule is NCc1nc(C(=O)NC2CCN(c3ccc(Cl)cc3)C2=O)cs1. The lowest BCUT2D eigenvalue weighted by molar-refractivity contribution is -0.118. The molecule has 2 heterocycles. The Kier molecular flexibility index (Phi) is 4.61. The van der Waals surface area contributed by atoms with Crippen molar-refractivity contribution in [3.63, 3.8) is 0 Å². The number of thiazole rings is 1. The van der Waals surface area contributed by atoms with Gasteiger partial charge in [0.2, 0.25) is 5.91 Å². The van der Waals surface area contributed by atoms with Crippen molar-refractivity contribution in [2.45, 2.75) is 19.0 Å². The Bertz CT molecular complexity index is 731. The summed E-state index contributed by atoms with van der Waals surface area (Å²) < 4.78 is 0. The van der Waals surface area contributed by atoms with E-state index in [1.807, 2.05) is 0 Å². The second kappa shape index (κ2) is 6.66. The number of nitrogens with two attached hydrogens (primary N) is 1. The smallest absolute Gasteiger partial charge is 0.271 e. The molecule has 0 aliphatic carbocycles. The summed E-state index contributed by atoms with van der Waals surface area (Å²) in [5, 5.41) is 5.69. The topological polar surface area (TPSA) is 88.3 Å². The highest BCUT2D eigenvalue weighted by Crippen LogP contribution is 2.23. The zero-order chi connectivity index (χ0) is 16.4. The maximum Gasteiger partial charge on any atom is 0.271 e. The third-order valence-corrected chi connectivity index (χ3v) is 4.73. The van der Waals surface area contributed by atoms with Gasteiger partial charge in [0.05, 0.1) is 0 Å². The van der Waals surface area contributed by atoms with E-state index in [2.05, 4.69) is 10.3 Å². The molecule has 120 valence electrons. The molecular weight excluding hydrogens is 336 g/mol. The predicted molar refractivity (Wildman–Crippen MR) is 89.7 cm³/mol. The van der Waals surface area contributed by atoms with Gasteiger partial charge < -0.3 is 16.0 Å². The fraction of sp³-hybridized carbons (Fsp3) is 0.267. The van der Waals surface area contributed by atoms with Crippen LogP contribution in [0.5, 0.6) is 0 Å². The zero-order valence-corrected chi connectivity index (χ0v) is 13.7. The van der Waals surface area contributed by atoms with Crippen LogP contribution in [-0.2, 0) is 11.3 Å². The minimum atomic E-state index is -0.541. The van der Waals surface area contributed by atoms with Crippen molar-refractivity contribution in [3.8, 4) is 0 Å². The summed E-state index contributed by atoms with van der Waals surface area (Å²) in [6, 6.07) is 6.51. The molecule has 23 heavy (non-hydrogen) atoms. The first-order valence-corrected chi connectivity index (χ1v) is 8.36. The first-order chi connectivity index (χ1) is 11.1. The van der Waals surface area contributed by atoms with Crippen LogP contribution < -0.4 is 16.0 Å². The summed E-state index contributed by atoms with van der Waals surface area (Å²) in [5.41, 5.74) is 6.56. The molecule has 1 saturated heterocycles. The first-order valence-electron chi connectivity index (χ1n) is 7.11. The van der Waals surface area contributed by atoms with E-state index in [1.54, 1.807) is 34.5 Å². The number of benzene rings is 1. The quantitative estimate of drug-likeness (QED) is 0.879. The van der Waals surface area contributed by atoms with Crippen LogP contribution >= 0.6 is 22.9 Å². The molecule has 1 aliphatic rings. The Morgan fingerprint density at radius 2 is 2.17 bits per heavy atom. The molecule has 8 heteroatoms. The van der Waals surface area contributed by atoms with Gasteiger partial charge in [0.1, 0.15) is 16.7 Å². The molecule has 1 fully saturated rings. The normalized spacial score (nSPS) is 17.6. The van der Waals surface area contributed by atoms with Crippen LogP contribution in [-0.4, -0.2) is 29.4 Å². The third kappa shape index (κ3) is 3.36. The van der Waals surface area contributed by atoms with Gasteiger partial charge in [-0.3, -0.25) is 9.59 Å². The minimum absolute atomic E-state index is 0.130. The van der Waals surface area contributed by atoms with Crippen molar-refractivity contribution in [1.29, 1.82) is 0 Å². The maximum absolute atomic E-state index is 12.5. The van der Waals surface area contributed by atoms with Gasteiger partial charge in [0.25, 0.3) is 5.91 Å². The molecule has 3 N–H and O–H groups in total. The zero-order valence-electron chi connectivity index (χ0n) is 12.2. The standard InChI is InChI=1S/C15H15ClN4O2S/c16-9-1-3-10(4-2-9)20-6-5-11(15(20)22)19-14(21)12-8-23-13(7-17)18-12/h1-4,8,11H,5-7,17H2,(H,19,21). The summed E-state index contributed by atoms with van der Waals surface area (Å²) in [7, 11) is 0. The van der Waals surface area contributed by atoms with E-state index >= 15 is 0 Å². The number of halogens is 1. The Hall–Kier alpha value is -1.96. The monoisotopic (exact) mass is 350 g/mol. The fourth-order valence-electron chi connectivity index (χ4n) is 2.43. The number of hydrogen-bond donors (Lipinski definition) is 2. The van der Waals surface area contributed by atoms with E-state index in [0.29, 0.717) is 35.2 Å². The first kappa shape index (κ1) is 15.9. The van der Waals surface area contributed by atoms with Crippen LogP contribution in [0.4, 0.5) is 5.69 Å². The van der Waals surface area contributed by atoms with Crippen LogP contribution in [0.1, 0.15) is 21.9 Å². The Morgan fingerprint density at radius 1 is 1.43 bits per heavy atom. The average molecular weight is 351 g/mol. The van der Waals surface area contributed by atoms with Crippen LogP contribution in [0.25, 0.3) is 0 Å². The molecule has 3 rings (SSSR count). The van der Waals surface area contributed by atoms with Gasteiger partial charge in [0, 0.05) is 29.2 Å². The molecule has 0 bridgehead atoms. The Morgan fingerprint density at radius 3 is 2.83 bits per heavy atom. The van der Waals surface area contributed by atoms with Crippen molar-refractivity contribution in [1.82, 2.24) is 10.3 Å². The number of rotatable bonds is 4. The third-order valence-electron chi connectivity index (χ3n) is 3.61. The van der Waals surface area contributed by atoms with Crippen molar-refractivity contribution < 1.29 is 9.59 Å². The van der Waals surface area contributed by atoms with E-state index < -0.39 is 6.04 Å². The van der Waals surface area contributed by atoms with E-state index in [9.17, 15) is 9.59 Å². The molecule has 2 aromatic rings. The van der Waals surface area contributed by atoms with Gasteiger partial charge in [-0.1, -0.05) is 11.6 Å². The van der Waals surface area contributed by atoms with E-state index in [-0.39, 0.29) is 11.8 Å². The molecule has 1 aliphatic heterocycles. The summed E-state index contributed by atoms with van der Waals surface area (Å²) in [6.45, 7) is 0.848. The van der Waals surface area contributed by atoms with Gasteiger partial charge in [-0.25, -0.2) is 4.98 Å². The van der Waals surface area contributed by atoms with Crippen LogP contribution in [0, 0.1) is 0 Å². The van der Waals surface area contributed by atoms with Gasteiger partial charge in [-0.15, -0.1) is 11.3 Å². The minimum Gasteiger partial charge on any atom is -0.339 e. The Balaban J connectivity index is 1.67. The van der Waals surface area contributed by atoms with E-state index in [0.717, 1.165) is 5.69 Å². The highest BCUT2D eigenvalue weighted by Gasteiger charge is 2.34. The second-order valence-corrected chi connectivity index (χ2v) is 6.49. The van der Waals surface area contributed by atoms with Crippen LogP contribution in [0.3, 0.4) is 0 Å². The van der Waals surface area contributed by atoms with Crippen LogP contribution in [0.2, 0.25) is 5.02 Å². The fourth-order valence-corrected chi connectivity index (χ4v) is 3.21. The van der Waals surface area contributed by atoms with Crippen molar-refractivity contribution in [2.24, 2.45) is 5.73 Å². The molecule has 1 aromatic carbocycles. The van der Waals surface area contributed by atoms with E-state index in [4.69, 9.17) is 17.3 Å². The lowest BCUT2D eigenvalue weighted by atomic mass is 10.2. The van der Waals surface area contributed by atoms with Crippen molar-refractivity contribution in [3.05, 3.63) is 45.4 Å². The number of anilines is 1. The molecule has 0 radical (unpaired) electrons. The van der Waals surface area contributed by atoms with Crippen molar-refractivity contribution >= 4 is 40.4 Å². The molecule has 0 saturated carbocycles. The summed E-state index contributed by atoms with van der Waals surface area (Å²) >= 11 is 7.19. The summed E-state index contributed by atoms with van der Waals surface area (Å²) in [5.74, 6) is -0.479. The van der Waals surface area contributed by atoms with Crippen LogP contribution in [0.15, 0.2) is 29.6 Å². The summed E-state index contributed by atoms with van der Waals surface area (Å²) in [4.78, 5) is 30.4. The molecule has 1 unspecified atom stereocenters. The highest BCUT2D eigenvalue weighted by atomic mass is 35.5. The number of carbonyl (C=O) groups excluding carboxylic acids is 2. The average Bonchev–Trinajstić information content (AvgIpc) is 3.16. The largest absolute Gasteiger partial charge is 0.339 e. The molecule has 1 atom stereocenters. The number of aromatic nitrogens is 1. The van der Waals surface area contributed by atoms with Gasteiger partial charge in [-0.05, 0) is 30.7 Å².